The molecule has 5 nitrogen and oxygen atoms in total. The molecule has 0 aromatic heterocycles. The van der Waals surface area contributed by atoms with Crippen molar-refractivity contribution in [1.29, 1.82) is 0 Å². The molecule has 28 heavy (non-hydrogen) atoms. The largest absolute Gasteiger partial charge is 0.480 e. The van der Waals surface area contributed by atoms with Gasteiger partial charge in [0.15, 0.2) is 0 Å². The van der Waals surface area contributed by atoms with E-state index in [4.69, 9.17) is 15.6 Å². The van der Waals surface area contributed by atoms with Gasteiger partial charge in [0.05, 0.1) is 6.61 Å². The lowest BCUT2D eigenvalue weighted by atomic mass is 10.0. The fraction of sp³-hybridized carbons (Fsp3) is 0.913. The minimum absolute atomic E-state index is 0.0757. The third-order valence-electron chi connectivity index (χ3n) is 5.24. The van der Waals surface area contributed by atoms with Crippen molar-refractivity contribution in [1.82, 2.24) is 0 Å². The monoisotopic (exact) mass is 399 g/mol. The average Bonchev–Trinajstić information content (AvgIpc) is 2.68. The SMILES string of the molecule is CCCCCCCCCCCCCCCCCCOC(=O)CC[C@@H](N)C(=O)O. The molecule has 0 heterocycles. The molecule has 0 fully saturated rings. The molecule has 166 valence electrons. The van der Waals surface area contributed by atoms with Crippen LogP contribution in [0.5, 0.6) is 0 Å². The summed E-state index contributed by atoms with van der Waals surface area (Å²) in [7, 11) is 0. The summed E-state index contributed by atoms with van der Waals surface area (Å²) >= 11 is 0. The Hall–Kier alpha value is -1.10. The van der Waals surface area contributed by atoms with Gasteiger partial charge in [0.25, 0.3) is 0 Å². The zero-order valence-corrected chi connectivity index (χ0v) is 18.3. The minimum atomic E-state index is -1.08. The Bertz CT molecular complexity index is 374. The van der Waals surface area contributed by atoms with Crippen molar-refractivity contribution >= 4 is 11.9 Å². The minimum Gasteiger partial charge on any atom is -0.480 e. The highest BCUT2D eigenvalue weighted by Crippen LogP contribution is 2.13. The molecule has 0 aromatic carbocycles. The molecule has 0 radical (unpaired) electrons. The molecule has 0 aromatic rings. The number of carboxylic acid groups (broad SMARTS) is 1. The summed E-state index contributed by atoms with van der Waals surface area (Å²) < 4.78 is 5.10. The van der Waals surface area contributed by atoms with Gasteiger partial charge in [-0.2, -0.15) is 0 Å². The lowest BCUT2D eigenvalue weighted by Crippen LogP contribution is -2.30. The molecule has 0 bridgehead atoms. The number of esters is 1. The van der Waals surface area contributed by atoms with E-state index >= 15 is 0 Å². The van der Waals surface area contributed by atoms with E-state index in [1.165, 1.54) is 89.9 Å². The molecule has 0 saturated carbocycles. The smallest absolute Gasteiger partial charge is 0.320 e. The molecule has 1 atom stereocenters. The number of unbranched alkanes of at least 4 members (excludes halogenated alkanes) is 15. The van der Waals surface area contributed by atoms with Crippen LogP contribution in [-0.2, 0) is 14.3 Å². The third-order valence-corrected chi connectivity index (χ3v) is 5.24. The van der Waals surface area contributed by atoms with Crippen molar-refractivity contribution in [3.63, 3.8) is 0 Å². The lowest BCUT2D eigenvalue weighted by Gasteiger charge is -2.07. The van der Waals surface area contributed by atoms with Gasteiger partial charge in [0.1, 0.15) is 6.04 Å². The lowest BCUT2D eigenvalue weighted by molar-refractivity contribution is -0.144. The maximum Gasteiger partial charge on any atom is 0.320 e. The van der Waals surface area contributed by atoms with Gasteiger partial charge in [-0.05, 0) is 12.8 Å². The first kappa shape index (κ1) is 26.9. The van der Waals surface area contributed by atoms with Gasteiger partial charge in [0, 0.05) is 6.42 Å². The molecule has 0 saturated heterocycles. The number of rotatable bonds is 21. The zero-order chi connectivity index (χ0) is 20.9. The number of hydrogen-bond acceptors (Lipinski definition) is 4. The van der Waals surface area contributed by atoms with E-state index in [1.807, 2.05) is 0 Å². The highest BCUT2D eigenvalue weighted by Gasteiger charge is 2.13. The molecular weight excluding hydrogens is 354 g/mol. The second-order valence-corrected chi connectivity index (χ2v) is 8.01. The molecule has 3 N–H and O–H groups in total. The first-order chi connectivity index (χ1) is 13.6. The van der Waals surface area contributed by atoms with Crippen molar-refractivity contribution in [2.75, 3.05) is 6.61 Å². The van der Waals surface area contributed by atoms with Crippen LogP contribution >= 0.6 is 0 Å². The topological polar surface area (TPSA) is 89.6 Å². The number of carbonyl (C=O) groups is 2. The Labute approximate surface area is 172 Å². The number of carboxylic acids is 1. The van der Waals surface area contributed by atoms with E-state index in [0.29, 0.717) is 6.61 Å². The van der Waals surface area contributed by atoms with Gasteiger partial charge in [-0.15, -0.1) is 0 Å². The van der Waals surface area contributed by atoms with Crippen molar-refractivity contribution in [3.8, 4) is 0 Å². The molecule has 0 aliphatic carbocycles. The van der Waals surface area contributed by atoms with Crippen LogP contribution in [0.3, 0.4) is 0 Å². The van der Waals surface area contributed by atoms with E-state index < -0.39 is 12.0 Å². The molecule has 0 spiro atoms. The Balaban J connectivity index is 3.17. The van der Waals surface area contributed by atoms with E-state index in [0.717, 1.165) is 12.8 Å². The van der Waals surface area contributed by atoms with Crippen LogP contribution in [0.4, 0.5) is 0 Å². The number of nitrogens with two attached hydrogens (primary N) is 1. The van der Waals surface area contributed by atoms with Crippen molar-refractivity contribution < 1.29 is 19.4 Å². The van der Waals surface area contributed by atoms with E-state index in [1.54, 1.807) is 0 Å². The number of aliphatic carboxylic acids is 1. The van der Waals surface area contributed by atoms with Gasteiger partial charge in [0.2, 0.25) is 0 Å². The van der Waals surface area contributed by atoms with Gasteiger partial charge < -0.3 is 15.6 Å². The third kappa shape index (κ3) is 19.7. The second-order valence-electron chi connectivity index (χ2n) is 8.01. The van der Waals surface area contributed by atoms with Crippen LogP contribution in [0.25, 0.3) is 0 Å². The molecule has 0 amide bonds. The average molecular weight is 400 g/mol. The normalized spacial score (nSPS) is 12.1. The summed E-state index contributed by atoms with van der Waals surface area (Å²) in [5.74, 6) is -1.43. The van der Waals surface area contributed by atoms with Gasteiger partial charge in [-0.1, -0.05) is 103 Å². The first-order valence-corrected chi connectivity index (χ1v) is 11.7. The summed E-state index contributed by atoms with van der Waals surface area (Å²) in [6.07, 6.45) is 21.3. The maximum absolute atomic E-state index is 11.5. The summed E-state index contributed by atoms with van der Waals surface area (Å²) in [5, 5.41) is 8.65. The fourth-order valence-corrected chi connectivity index (χ4v) is 3.31. The van der Waals surface area contributed by atoms with Gasteiger partial charge >= 0.3 is 11.9 Å². The van der Waals surface area contributed by atoms with E-state index in [9.17, 15) is 9.59 Å². The molecular formula is C23H45NO4. The summed E-state index contributed by atoms with van der Waals surface area (Å²) in [6, 6.07) is -0.983. The first-order valence-electron chi connectivity index (χ1n) is 11.7. The van der Waals surface area contributed by atoms with Crippen LogP contribution < -0.4 is 5.73 Å². The highest BCUT2D eigenvalue weighted by molar-refractivity contribution is 5.75. The summed E-state index contributed by atoms with van der Waals surface area (Å²) in [4.78, 5) is 22.0. The van der Waals surface area contributed by atoms with E-state index in [-0.39, 0.29) is 18.8 Å². The number of hydrogen-bond donors (Lipinski definition) is 2. The Kier molecular flexibility index (Phi) is 19.8. The van der Waals surface area contributed by atoms with Crippen molar-refractivity contribution in [3.05, 3.63) is 0 Å². The summed E-state index contributed by atoms with van der Waals surface area (Å²) in [5.41, 5.74) is 5.35. The summed E-state index contributed by atoms with van der Waals surface area (Å²) in [6.45, 7) is 2.70. The molecule has 0 aliphatic rings. The standard InChI is InChI=1S/C23H45NO4/c1-2-3-4-5-6-7-8-9-10-11-12-13-14-15-16-17-20-28-22(25)19-18-21(24)23(26)27/h21H,2-20,24H2,1H3,(H,26,27)/t21-/m1/s1. The van der Waals surface area contributed by atoms with Crippen molar-refractivity contribution in [2.24, 2.45) is 5.73 Å². The number of carbonyl (C=O) groups excluding carboxylic acids is 1. The Morgan fingerprint density at radius 2 is 1.14 bits per heavy atom. The van der Waals surface area contributed by atoms with Crippen LogP contribution in [0.15, 0.2) is 0 Å². The predicted molar refractivity (Wildman–Crippen MR) is 115 cm³/mol. The molecule has 0 aliphatic heterocycles. The molecule has 5 heteroatoms. The van der Waals surface area contributed by atoms with E-state index in [2.05, 4.69) is 6.92 Å². The van der Waals surface area contributed by atoms with Crippen LogP contribution in [-0.4, -0.2) is 29.7 Å². The predicted octanol–water partition coefficient (Wildman–Crippen LogP) is 5.98. The fourth-order valence-electron chi connectivity index (χ4n) is 3.31. The second kappa shape index (κ2) is 20.6. The van der Waals surface area contributed by atoms with Crippen molar-refractivity contribution in [2.45, 2.75) is 129 Å². The Morgan fingerprint density at radius 1 is 0.750 bits per heavy atom. The maximum atomic E-state index is 11.5. The Morgan fingerprint density at radius 3 is 1.54 bits per heavy atom. The zero-order valence-electron chi connectivity index (χ0n) is 18.3. The van der Waals surface area contributed by atoms with Crippen LogP contribution in [0.2, 0.25) is 0 Å². The van der Waals surface area contributed by atoms with Crippen LogP contribution in [0, 0.1) is 0 Å². The molecule has 0 unspecified atom stereocenters. The number of ether oxygens (including phenoxy) is 1. The van der Waals surface area contributed by atoms with Gasteiger partial charge in [-0.25, -0.2) is 0 Å². The quantitative estimate of drug-likeness (QED) is 0.183. The molecule has 0 rings (SSSR count). The van der Waals surface area contributed by atoms with Gasteiger partial charge in [-0.3, -0.25) is 9.59 Å². The van der Waals surface area contributed by atoms with Crippen LogP contribution in [0.1, 0.15) is 122 Å². The highest BCUT2D eigenvalue weighted by atomic mass is 16.5.